The Morgan fingerprint density at radius 1 is 1.38 bits per heavy atom. The second kappa shape index (κ2) is 6.20. The number of hydrogen-bond acceptors (Lipinski definition) is 4. The van der Waals surface area contributed by atoms with Crippen LogP contribution < -0.4 is 5.32 Å². The number of nitro groups is 1. The van der Waals surface area contributed by atoms with E-state index < -0.39 is 10.7 Å². The molecule has 2 aromatic rings. The van der Waals surface area contributed by atoms with E-state index in [-0.39, 0.29) is 23.5 Å². The fourth-order valence-electron chi connectivity index (χ4n) is 1.85. The predicted molar refractivity (Wildman–Crippen MR) is 76.5 cm³/mol. The van der Waals surface area contributed by atoms with E-state index in [9.17, 15) is 14.5 Å². The molecule has 2 aromatic carbocycles. The van der Waals surface area contributed by atoms with Crippen LogP contribution in [0.15, 0.2) is 36.4 Å². The third-order valence-electron chi connectivity index (χ3n) is 2.83. The molecular formula is C14H9ClFN3O2. The van der Waals surface area contributed by atoms with Gasteiger partial charge in [0, 0.05) is 17.6 Å². The number of benzene rings is 2. The van der Waals surface area contributed by atoms with E-state index in [1.165, 1.54) is 36.4 Å². The first-order chi connectivity index (χ1) is 10.0. The molecule has 0 saturated carbocycles. The molecule has 0 fully saturated rings. The van der Waals surface area contributed by atoms with Crippen molar-refractivity contribution in [2.75, 3.05) is 5.32 Å². The summed E-state index contributed by atoms with van der Waals surface area (Å²) in [5.41, 5.74) is 0.386. The van der Waals surface area contributed by atoms with Gasteiger partial charge in [0.2, 0.25) is 0 Å². The van der Waals surface area contributed by atoms with Crippen molar-refractivity contribution < 1.29 is 9.31 Å². The fraction of sp³-hybridized carbons (Fsp3) is 0.0714. The Morgan fingerprint density at radius 3 is 2.81 bits per heavy atom. The van der Waals surface area contributed by atoms with Crippen molar-refractivity contribution in [1.82, 2.24) is 0 Å². The van der Waals surface area contributed by atoms with Gasteiger partial charge in [-0.1, -0.05) is 17.7 Å². The highest BCUT2D eigenvalue weighted by Gasteiger charge is 2.14. The summed E-state index contributed by atoms with van der Waals surface area (Å²) in [6.45, 7) is 0.0506. The third-order valence-corrected chi connectivity index (χ3v) is 3.07. The highest BCUT2D eigenvalue weighted by atomic mass is 35.5. The Kier molecular flexibility index (Phi) is 4.36. The lowest BCUT2D eigenvalue weighted by atomic mass is 10.1. The van der Waals surface area contributed by atoms with Crippen LogP contribution in [0, 0.1) is 27.3 Å². The zero-order valence-electron chi connectivity index (χ0n) is 10.6. The molecule has 0 aliphatic heterocycles. The van der Waals surface area contributed by atoms with Gasteiger partial charge in [-0.05, 0) is 24.3 Å². The molecular weight excluding hydrogens is 297 g/mol. The minimum atomic E-state index is -0.650. The largest absolute Gasteiger partial charge is 0.380 e. The Bertz CT molecular complexity index is 743. The molecule has 2 rings (SSSR count). The van der Waals surface area contributed by atoms with Crippen LogP contribution in [0.2, 0.25) is 5.02 Å². The van der Waals surface area contributed by atoms with Gasteiger partial charge in [-0.2, -0.15) is 5.26 Å². The number of hydrogen-bond donors (Lipinski definition) is 1. The van der Waals surface area contributed by atoms with E-state index in [4.69, 9.17) is 16.9 Å². The summed E-state index contributed by atoms with van der Waals surface area (Å²) in [6, 6.07) is 10.1. The second-order valence-electron chi connectivity index (χ2n) is 4.16. The SMILES string of the molecule is N#Cc1c(F)cccc1NCc1cc(Cl)ccc1[N+](=O)[O-]. The molecule has 0 spiro atoms. The maximum absolute atomic E-state index is 13.5. The average Bonchev–Trinajstić information content (AvgIpc) is 2.44. The number of nitrogens with zero attached hydrogens (tertiary/aromatic N) is 2. The number of nitriles is 1. The van der Waals surface area contributed by atoms with Crippen LogP contribution >= 0.6 is 11.6 Å². The molecule has 0 saturated heterocycles. The summed E-state index contributed by atoms with van der Waals surface area (Å²) in [5, 5.41) is 23.0. The lowest BCUT2D eigenvalue weighted by Crippen LogP contribution is -2.05. The molecule has 0 aliphatic carbocycles. The summed E-state index contributed by atoms with van der Waals surface area (Å²) in [6.07, 6.45) is 0. The second-order valence-corrected chi connectivity index (χ2v) is 4.59. The predicted octanol–water partition coefficient (Wildman–Crippen LogP) is 3.87. The summed E-state index contributed by atoms with van der Waals surface area (Å²) in [4.78, 5) is 10.4. The Labute approximate surface area is 124 Å². The monoisotopic (exact) mass is 305 g/mol. The van der Waals surface area contributed by atoms with Gasteiger partial charge < -0.3 is 5.32 Å². The first kappa shape index (κ1) is 14.8. The lowest BCUT2D eigenvalue weighted by Gasteiger charge is -2.09. The molecule has 0 aliphatic rings. The van der Waals surface area contributed by atoms with E-state index in [0.29, 0.717) is 10.6 Å². The minimum absolute atomic E-state index is 0.0506. The van der Waals surface area contributed by atoms with Crippen molar-refractivity contribution in [3.8, 4) is 6.07 Å². The maximum Gasteiger partial charge on any atom is 0.274 e. The van der Waals surface area contributed by atoms with E-state index >= 15 is 0 Å². The topological polar surface area (TPSA) is 79.0 Å². The summed E-state index contributed by atoms with van der Waals surface area (Å²) < 4.78 is 13.5. The van der Waals surface area contributed by atoms with Gasteiger partial charge in [0.25, 0.3) is 5.69 Å². The number of anilines is 1. The number of rotatable bonds is 4. The van der Waals surface area contributed by atoms with Gasteiger partial charge >= 0.3 is 0 Å². The van der Waals surface area contributed by atoms with Gasteiger partial charge in [0.05, 0.1) is 16.2 Å². The van der Waals surface area contributed by atoms with Crippen molar-refractivity contribution in [2.45, 2.75) is 6.54 Å². The van der Waals surface area contributed by atoms with E-state index in [1.807, 2.05) is 0 Å². The molecule has 0 atom stereocenters. The summed E-state index contributed by atoms with van der Waals surface area (Å²) >= 11 is 5.82. The minimum Gasteiger partial charge on any atom is -0.380 e. The van der Waals surface area contributed by atoms with Gasteiger partial charge in [0.1, 0.15) is 17.4 Å². The Hall–Kier alpha value is -2.65. The van der Waals surface area contributed by atoms with Gasteiger partial charge in [-0.15, -0.1) is 0 Å². The van der Waals surface area contributed by atoms with Crippen molar-refractivity contribution in [2.24, 2.45) is 0 Å². The Morgan fingerprint density at radius 2 is 2.14 bits per heavy atom. The first-order valence-electron chi connectivity index (χ1n) is 5.88. The van der Waals surface area contributed by atoms with Crippen LogP contribution in [-0.2, 0) is 6.54 Å². The van der Waals surface area contributed by atoms with Gasteiger partial charge in [-0.25, -0.2) is 4.39 Å². The van der Waals surface area contributed by atoms with Gasteiger partial charge in [0.15, 0.2) is 0 Å². The zero-order valence-corrected chi connectivity index (χ0v) is 11.4. The Balaban J connectivity index is 2.29. The van der Waals surface area contributed by atoms with E-state index in [1.54, 1.807) is 6.07 Å². The normalized spacial score (nSPS) is 9.95. The number of nitro benzene ring substituents is 1. The standard InChI is InChI=1S/C14H9ClFN3O2/c15-10-4-5-14(19(20)21)9(6-10)8-18-13-3-1-2-12(16)11(13)7-17/h1-6,18H,8H2. The van der Waals surface area contributed by atoms with Crippen molar-refractivity contribution in [3.63, 3.8) is 0 Å². The van der Waals surface area contributed by atoms with Crippen molar-refractivity contribution >= 4 is 23.0 Å². The van der Waals surface area contributed by atoms with Crippen LogP contribution in [-0.4, -0.2) is 4.92 Å². The average molecular weight is 306 g/mol. The molecule has 0 radical (unpaired) electrons. The van der Waals surface area contributed by atoms with Crippen LogP contribution in [0.1, 0.15) is 11.1 Å². The van der Waals surface area contributed by atoms with Crippen LogP contribution in [0.5, 0.6) is 0 Å². The number of nitrogens with one attached hydrogen (secondary N) is 1. The molecule has 0 bridgehead atoms. The van der Waals surface area contributed by atoms with Crippen LogP contribution in [0.3, 0.4) is 0 Å². The highest BCUT2D eigenvalue weighted by molar-refractivity contribution is 6.30. The fourth-order valence-corrected chi connectivity index (χ4v) is 2.04. The lowest BCUT2D eigenvalue weighted by molar-refractivity contribution is -0.385. The molecule has 1 N–H and O–H groups in total. The molecule has 0 unspecified atom stereocenters. The molecule has 106 valence electrons. The van der Waals surface area contributed by atoms with Crippen LogP contribution in [0.25, 0.3) is 0 Å². The third kappa shape index (κ3) is 3.27. The molecule has 5 nitrogen and oxygen atoms in total. The van der Waals surface area contributed by atoms with E-state index in [0.717, 1.165) is 0 Å². The first-order valence-corrected chi connectivity index (χ1v) is 6.26. The van der Waals surface area contributed by atoms with E-state index in [2.05, 4.69) is 5.32 Å². The molecule has 0 heterocycles. The molecule has 0 amide bonds. The van der Waals surface area contributed by atoms with Crippen molar-refractivity contribution in [3.05, 3.63) is 68.5 Å². The highest BCUT2D eigenvalue weighted by Crippen LogP contribution is 2.25. The summed E-state index contributed by atoms with van der Waals surface area (Å²) in [7, 11) is 0. The smallest absolute Gasteiger partial charge is 0.274 e. The quantitative estimate of drug-likeness (QED) is 0.687. The molecule has 0 aromatic heterocycles. The van der Waals surface area contributed by atoms with Crippen molar-refractivity contribution in [1.29, 1.82) is 5.26 Å². The summed E-state index contributed by atoms with van der Waals surface area (Å²) in [5.74, 6) is -0.650. The van der Waals surface area contributed by atoms with Crippen LogP contribution in [0.4, 0.5) is 15.8 Å². The van der Waals surface area contributed by atoms with Gasteiger partial charge in [-0.3, -0.25) is 10.1 Å². The number of halogens is 2. The molecule has 7 heteroatoms. The molecule has 21 heavy (non-hydrogen) atoms. The zero-order chi connectivity index (χ0) is 15.4. The maximum atomic E-state index is 13.5.